The molecule has 1 N–H and O–H groups in total. The van der Waals surface area contributed by atoms with Crippen molar-refractivity contribution in [3.63, 3.8) is 0 Å². The summed E-state index contributed by atoms with van der Waals surface area (Å²) in [6.45, 7) is 0.639. The highest BCUT2D eigenvalue weighted by Gasteiger charge is 2.06. The predicted molar refractivity (Wildman–Crippen MR) is 76.6 cm³/mol. The fourth-order valence-electron chi connectivity index (χ4n) is 2.01. The van der Waals surface area contributed by atoms with Crippen LogP contribution >= 0.6 is 0 Å². The van der Waals surface area contributed by atoms with Gasteiger partial charge in [0.15, 0.2) is 5.82 Å². The molecule has 6 heteroatoms. The third-order valence-corrected chi connectivity index (χ3v) is 3.11. The highest BCUT2D eigenvalue weighted by molar-refractivity contribution is 5.85. The number of fused-ring (bicyclic) bond motifs is 1. The molecule has 0 unspecified atom stereocenters. The number of aryl methyl sites for hydroxylation is 1. The molecule has 0 aliphatic rings. The van der Waals surface area contributed by atoms with Crippen molar-refractivity contribution in [1.29, 1.82) is 0 Å². The minimum Gasteiger partial charge on any atom is -0.481 e. The number of hydrogen-bond donors (Lipinski definition) is 1. The van der Waals surface area contributed by atoms with Gasteiger partial charge in [0.05, 0.1) is 19.0 Å². The third-order valence-electron chi connectivity index (χ3n) is 3.11. The van der Waals surface area contributed by atoms with Crippen molar-refractivity contribution >= 4 is 16.9 Å². The highest BCUT2D eigenvalue weighted by atomic mass is 16.5. The number of aromatic nitrogens is 4. The van der Waals surface area contributed by atoms with Crippen molar-refractivity contribution in [1.82, 2.24) is 19.5 Å². The summed E-state index contributed by atoms with van der Waals surface area (Å²) < 4.78 is 7.01. The van der Waals surface area contributed by atoms with E-state index in [4.69, 9.17) is 4.74 Å². The van der Waals surface area contributed by atoms with Gasteiger partial charge in [0.25, 0.3) is 0 Å². The second-order valence-corrected chi connectivity index (χ2v) is 4.45. The lowest BCUT2D eigenvalue weighted by Crippen LogP contribution is -2.02. The van der Waals surface area contributed by atoms with Crippen LogP contribution in [-0.2, 0) is 13.6 Å². The summed E-state index contributed by atoms with van der Waals surface area (Å²) in [7, 11) is 3.57. The zero-order valence-electron chi connectivity index (χ0n) is 11.4. The van der Waals surface area contributed by atoms with Gasteiger partial charge in [-0.25, -0.2) is 15.0 Å². The number of hydrogen-bond acceptors (Lipinski definition) is 5. The molecule has 0 spiro atoms. The van der Waals surface area contributed by atoms with Gasteiger partial charge in [-0.15, -0.1) is 0 Å². The van der Waals surface area contributed by atoms with Crippen LogP contribution in [0.1, 0.15) is 5.56 Å². The Hall–Kier alpha value is -2.63. The van der Waals surface area contributed by atoms with Crippen molar-refractivity contribution in [2.75, 3.05) is 12.4 Å². The molecule has 3 heterocycles. The van der Waals surface area contributed by atoms with E-state index in [1.165, 1.54) is 0 Å². The molecule has 0 aliphatic carbocycles. The van der Waals surface area contributed by atoms with Crippen LogP contribution in [0.4, 0.5) is 5.82 Å². The number of nitrogens with zero attached hydrogens (tertiary/aromatic N) is 4. The van der Waals surface area contributed by atoms with E-state index >= 15 is 0 Å². The van der Waals surface area contributed by atoms with Gasteiger partial charge in [-0.3, -0.25) is 0 Å². The Morgan fingerprint density at radius 3 is 2.85 bits per heavy atom. The lowest BCUT2D eigenvalue weighted by Gasteiger charge is -2.06. The van der Waals surface area contributed by atoms with Crippen LogP contribution in [-0.4, -0.2) is 26.6 Å². The molecule has 102 valence electrons. The van der Waals surface area contributed by atoms with Gasteiger partial charge in [0.1, 0.15) is 5.52 Å². The molecular formula is C14H15N5O. The summed E-state index contributed by atoms with van der Waals surface area (Å²) in [6, 6.07) is 5.76. The maximum atomic E-state index is 5.04. The van der Waals surface area contributed by atoms with Crippen LogP contribution < -0.4 is 10.1 Å². The Balaban J connectivity index is 1.79. The van der Waals surface area contributed by atoms with Crippen molar-refractivity contribution in [3.8, 4) is 5.88 Å². The third kappa shape index (κ3) is 2.27. The van der Waals surface area contributed by atoms with E-state index in [1.54, 1.807) is 25.8 Å². The number of rotatable bonds is 4. The Bertz CT molecular complexity index is 720. The molecule has 0 bridgehead atoms. The molecule has 0 aromatic carbocycles. The number of pyridine rings is 2. The zero-order valence-corrected chi connectivity index (χ0v) is 11.4. The number of nitrogens with one attached hydrogen (secondary N) is 1. The fraction of sp³-hybridized carbons (Fsp3) is 0.214. The number of imidazole rings is 1. The van der Waals surface area contributed by atoms with Gasteiger partial charge < -0.3 is 14.6 Å². The molecule has 3 aromatic rings. The summed E-state index contributed by atoms with van der Waals surface area (Å²) in [5.74, 6) is 1.39. The van der Waals surface area contributed by atoms with Gasteiger partial charge in [-0.2, -0.15) is 0 Å². The number of anilines is 1. The topological polar surface area (TPSA) is 64.9 Å². The van der Waals surface area contributed by atoms with Crippen LogP contribution in [0.15, 0.2) is 36.9 Å². The van der Waals surface area contributed by atoms with Gasteiger partial charge in [0.2, 0.25) is 5.88 Å². The second kappa shape index (κ2) is 5.16. The van der Waals surface area contributed by atoms with E-state index in [9.17, 15) is 0 Å². The van der Waals surface area contributed by atoms with Crippen LogP contribution in [0.25, 0.3) is 11.0 Å². The van der Waals surface area contributed by atoms with Crippen molar-refractivity contribution in [3.05, 3.63) is 42.5 Å². The van der Waals surface area contributed by atoms with Crippen molar-refractivity contribution in [2.24, 2.45) is 7.05 Å². The maximum Gasteiger partial charge on any atom is 0.212 e. The first kappa shape index (κ1) is 12.4. The summed E-state index contributed by atoms with van der Waals surface area (Å²) in [4.78, 5) is 12.9. The normalized spacial score (nSPS) is 10.7. The second-order valence-electron chi connectivity index (χ2n) is 4.45. The highest BCUT2D eigenvalue weighted by Crippen LogP contribution is 2.19. The van der Waals surface area contributed by atoms with Crippen molar-refractivity contribution in [2.45, 2.75) is 6.54 Å². The standard InChI is InChI=1S/C14H15N5O/c1-19-9-18-13-11(19)5-6-15-14(13)17-8-10-3-4-12(20-2)16-7-10/h3-7,9H,8H2,1-2H3,(H,15,17). The number of ether oxygens (including phenoxy) is 1. The Morgan fingerprint density at radius 2 is 2.10 bits per heavy atom. The molecule has 0 amide bonds. The van der Waals surface area contributed by atoms with Gasteiger partial charge in [0, 0.05) is 32.1 Å². The monoisotopic (exact) mass is 269 g/mol. The van der Waals surface area contributed by atoms with Gasteiger partial charge in [-0.1, -0.05) is 6.07 Å². The Labute approximate surface area is 116 Å². The first-order valence-electron chi connectivity index (χ1n) is 6.27. The SMILES string of the molecule is COc1ccc(CNc2nccc3c2ncn3C)cn1. The van der Waals surface area contributed by atoms with E-state index in [2.05, 4.69) is 20.3 Å². The first-order chi connectivity index (χ1) is 9.78. The summed E-state index contributed by atoms with van der Waals surface area (Å²) in [5, 5.41) is 3.29. The smallest absolute Gasteiger partial charge is 0.212 e. The van der Waals surface area contributed by atoms with Crippen LogP contribution in [0.3, 0.4) is 0 Å². The molecule has 6 nitrogen and oxygen atoms in total. The van der Waals surface area contributed by atoms with Gasteiger partial charge >= 0.3 is 0 Å². The quantitative estimate of drug-likeness (QED) is 0.784. The maximum absolute atomic E-state index is 5.04. The summed E-state index contributed by atoms with van der Waals surface area (Å²) >= 11 is 0. The molecule has 20 heavy (non-hydrogen) atoms. The Morgan fingerprint density at radius 1 is 1.20 bits per heavy atom. The van der Waals surface area contributed by atoms with E-state index < -0.39 is 0 Å². The molecule has 3 rings (SSSR count). The first-order valence-corrected chi connectivity index (χ1v) is 6.27. The predicted octanol–water partition coefficient (Wildman–Crippen LogP) is 1.98. The lowest BCUT2D eigenvalue weighted by atomic mass is 10.3. The molecular weight excluding hydrogens is 254 g/mol. The lowest BCUT2D eigenvalue weighted by molar-refractivity contribution is 0.397. The minimum absolute atomic E-state index is 0.610. The Kier molecular flexibility index (Phi) is 3.20. The van der Waals surface area contributed by atoms with E-state index in [-0.39, 0.29) is 0 Å². The molecule has 0 saturated heterocycles. The van der Waals surface area contributed by atoms with E-state index in [1.807, 2.05) is 29.8 Å². The molecule has 0 aliphatic heterocycles. The summed E-state index contributed by atoms with van der Waals surface area (Å²) in [6.07, 6.45) is 5.34. The molecule has 0 radical (unpaired) electrons. The molecule has 3 aromatic heterocycles. The van der Waals surface area contributed by atoms with Crippen molar-refractivity contribution < 1.29 is 4.74 Å². The summed E-state index contributed by atoms with van der Waals surface area (Å²) in [5.41, 5.74) is 2.98. The largest absolute Gasteiger partial charge is 0.481 e. The van der Waals surface area contributed by atoms with E-state index in [0.29, 0.717) is 12.4 Å². The zero-order chi connectivity index (χ0) is 13.9. The number of methoxy groups -OCH3 is 1. The molecule has 0 saturated carbocycles. The van der Waals surface area contributed by atoms with Crippen LogP contribution in [0.5, 0.6) is 5.88 Å². The minimum atomic E-state index is 0.610. The van der Waals surface area contributed by atoms with E-state index in [0.717, 1.165) is 22.4 Å². The molecule has 0 fully saturated rings. The fourth-order valence-corrected chi connectivity index (χ4v) is 2.01. The van der Waals surface area contributed by atoms with Crippen LogP contribution in [0, 0.1) is 0 Å². The average molecular weight is 269 g/mol. The van der Waals surface area contributed by atoms with Gasteiger partial charge in [-0.05, 0) is 11.6 Å². The van der Waals surface area contributed by atoms with Crippen LogP contribution in [0.2, 0.25) is 0 Å². The molecule has 0 atom stereocenters. The average Bonchev–Trinajstić information content (AvgIpc) is 2.88.